The number of hydrogen-bond acceptors (Lipinski definition) is 6. The number of carbonyl (C=O) groups excluding carboxylic acids is 2. The van der Waals surface area contributed by atoms with Gasteiger partial charge in [-0.2, -0.15) is 0 Å². The van der Waals surface area contributed by atoms with E-state index in [1.165, 1.54) is 0 Å². The highest BCUT2D eigenvalue weighted by Gasteiger charge is 2.21. The van der Waals surface area contributed by atoms with E-state index in [0.717, 1.165) is 0 Å². The van der Waals surface area contributed by atoms with E-state index < -0.39 is 21.5 Å². The number of ether oxygens (including phenoxy) is 1. The van der Waals surface area contributed by atoms with Crippen LogP contribution < -0.4 is 10.6 Å². The lowest BCUT2D eigenvalue weighted by molar-refractivity contribution is 0.0635. The molecule has 1 fully saturated rings. The van der Waals surface area contributed by atoms with Crippen molar-refractivity contribution in [2.24, 2.45) is 0 Å². The van der Waals surface area contributed by atoms with Crippen molar-refractivity contribution in [3.63, 3.8) is 0 Å². The minimum absolute atomic E-state index is 0.174. The van der Waals surface area contributed by atoms with Crippen LogP contribution >= 0.6 is 0 Å². The molecule has 0 saturated carbocycles. The fourth-order valence-corrected chi connectivity index (χ4v) is 3.81. The number of sulfone groups is 1. The molecule has 1 aliphatic rings. The van der Waals surface area contributed by atoms with Crippen molar-refractivity contribution in [1.29, 1.82) is 0 Å². The van der Waals surface area contributed by atoms with E-state index in [9.17, 15) is 18.0 Å². The average Bonchev–Trinajstić information content (AvgIpc) is 2.55. The molecule has 8 nitrogen and oxygen atoms in total. The number of amides is 2. The summed E-state index contributed by atoms with van der Waals surface area (Å²) >= 11 is 0. The van der Waals surface area contributed by atoms with Crippen molar-refractivity contribution < 1.29 is 22.7 Å². The van der Waals surface area contributed by atoms with Gasteiger partial charge in [-0.25, -0.2) is 13.2 Å². The first kappa shape index (κ1) is 21.2. The number of nitrogens with one attached hydrogen (secondary N) is 2. The van der Waals surface area contributed by atoms with Gasteiger partial charge < -0.3 is 10.1 Å². The smallest absolute Gasteiger partial charge is 0.412 e. The van der Waals surface area contributed by atoms with Crippen molar-refractivity contribution in [3.05, 3.63) is 29.8 Å². The van der Waals surface area contributed by atoms with E-state index in [2.05, 4.69) is 10.6 Å². The van der Waals surface area contributed by atoms with Crippen molar-refractivity contribution >= 4 is 27.5 Å². The molecule has 0 radical (unpaired) electrons. The third-order valence-electron chi connectivity index (χ3n) is 3.94. The quantitative estimate of drug-likeness (QED) is 0.780. The fraction of sp³-hybridized carbons (Fsp3) is 0.556. The first-order valence-electron chi connectivity index (χ1n) is 8.85. The van der Waals surface area contributed by atoms with Crippen LogP contribution in [0.15, 0.2) is 24.3 Å². The lowest BCUT2D eigenvalue weighted by Crippen LogP contribution is -2.43. The third kappa shape index (κ3) is 7.56. The molecule has 2 rings (SSSR count). The topological polar surface area (TPSA) is 105 Å². The van der Waals surface area contributed by atoms with Gasteiger partial charge >= 0.3 is 6.09 Å². The summed E-state index contributed by atoms with van der Waals surface area (Å²) in [6, 6.07) is 6.51. The van der Waals surface area contributed by atoms with E-state index in [1.54, 1.807) is 45.0 Å². The maximum Gasteiger partial charge on any atom is 0.412 e. The summed E-state index contributed by atoms with van der Waals surface area (Å²) in [7, 11) is -2.89. The molecule has 0 unspecified atom stereocenters. The van der Waals surface area contributed by atoms with Gasteiger partial charge in [0.1, 0.15) is 5.60 Å². The Kier molecular flexibility index (Phi) is 6.83. The Morgan fingerprint density at radius 1 is 1.11 bits per heavy atom. The first-order chi connectivity index (χ1) is 12.5. The van der Waals surface area contributed by atoms with Crippen LogP contribution in [0.5, 0.6) is 0 Å². The highest BCUT2D eigenvalue weighted by Crippen LogP contribution is 2.13. The van der Waals surface area contributed by atoms with Gasteiger partial charge in [0.15, 0.2) is 9.84 Å². The molecule has 2 N–H and O–H groups in total. The molecule has 9 heteroatoms. The maximum absolute atomic E-state index is 12.2. The molecule has 1 heterocycles. The highest BCUT2D eigenvalue weighted by atomic mass is 32.2. The van der Waals surface area contributed by atoms with Crippen LogP contribution in [0.2, 0.25) is 0 Å². The van der Waals surface area contributed by atoms with E-state index in [-0.39, 0.29) is 17.4 Å². The zero-order valence-corrected chi connectivity index (χ0v) is 16.8. The standard InChI is InChI=1S/C18H27N3O5S/c1-18(2,3)26-17(23)20-15-6-4-14(5-7-15)16(22)19-8-9-21-10-12-27(24,25)13-11-21/h4-7H,8-13H2,1-3H3,(H,19,22)(H,20,23). The molecule has 2 amide bonds. The highest BCUT2D eigenvalue weighted by molar-refractivity contribution is 7.91. The van der Waals surface area contributed by atoms with Gasteiger partial charge in [-0.05, 0) is 45.0 Å². The van der Waals surface area contributed by atoms with E-state index in [4.69, 9.17) is 4.74 Å². The largest absolute Gasteiger partial charge is 0.444 e. The van der Waals surface area contributed by atoms with E-state index in [0.29, 0.717) is 37.4 Å². The molecule has 1 aromatic carbocycles. The Morgan fingerprint density at radius 2 is 1.70 bits per heavy atom. The molecule has 150 valence electrons. The molecule has 1 aliphatic heterocycles. The van der Waals surface area contributed by atoms with Crippen LogP contribution in [0.4, 0.5) is 10.5 Å². The Bertz CT molecular complexity index is 755. The molecule has 0 bridgehead atoms. The molecule has 0 aromatic heterocycles. The molecule has 0 atom stereocenters. The van der Waals surface area contributed by atoms with Crippen LogP contribution in [0.3, 0.4) is 0 Å². The van der Waals surface area contributed by atoms with Crippen LogP contribution in [-0.4, -0.2) is 68.6 Å². The van der Waals surface area contributed by atoms with Crippen molar-refractivity contribution in [1.82, 2.24) is 10.2 Å². The van der Waals surface area contributed by atoms with Gasteiger partial charge in [-0.1, -0.05) is 0 Å². The Morgan fingerprint density at radius 3 is 2.26 bits per heavy atom. The van der Waals surface area contributed by atoms with Crippen LogP contribution in [-0.2, 0) is 14.6 Å². The Labute approximate surface area is 160 Å². The summed E-state index contributed by atoms with van der Waals surface area (Å²) in [5.74, 6) is 0.128. The normalized spacial score (nSPS) is 17.1. The second kappa shape index (κ2) is 8.71. The van der Waals surface area contributed by atoms with Gasteiger partial charge in [0.25, 0.3) is 5.91 Å². The molecule has 0 aliphatic carbocycles. The predicted octanol–water partition coefficient (Wildman–Crippen LogP) is 1.49. The summed E-state index contributed by atoms with van der Waals surface area (Å²) in [4.78, 5) is 25.9. The van der Waals surface area contributed by atoms with Gasteiger partial charge in [0, 0.05) is 37.4 Å². The minimum Gasteiger partial charge on any atom is -0.444 e. The molecule has 0 spiro atoms. The van der Waals surface area contributed by atoms with E-state index in [1.807, 2.05) is 4.90 Å². The van der Waals surface area contributed by atoms with Gasteiger partial charge in [0.05, 0.1) is 11.5 Å². The fourth-order valence-electron chi connectivity index (χ4n) is 2.53. The first-order valence-corrected chi connectivity index (χ1v) is 10.7. The third-order valence-corrected chi connectivity index (χ3v) is 5.55. The molecule has 1 saturated heterocycles. The Hall–Kier alpha value is -2.13. The second-order valence-electron chi connectivity index (χ2n) is 7.45. The molecule has 1 aromatic rings. The van der Waals surface area contributed by atoms with Crippen molar-refractivity contribution in [3.8, 4) is 0 Å². The van der Waals surface area contributed by atoms with Crippen LogP contribution in [0.25, 0.3) is 0 Å². The molecule has 27 heavy (non-hydrogen) atoms. The number of rotatable bonds is 5. The number of benzene rings is 1. The van der Waals surface area contributed by atoms with Crippen LogP contribution in [0.1, 0.15) is 31.1 Å². The summed E-state index contributed by atoms with van der Waals surface area (Å²) in [6.45, 7) is 7.40. The number of anilines is 1. The monoisotopic (exact) mass is 397 g/mol. The molecular formula is C18H27N3O5S. The second-order valence-corrected chi connectivity index (χ2v) is 9.76. The lowest BCUT2D eigenvalue weighted by atomic mass is 10.2. The lowest BCUT2D eigenvalue weighted by Gasteiger charge is -2.26. The Balaban J connectivity index is 1.76. The van der Waals surface area contributed by atoms with Gasteiger partial charge in [-0.3, -0.25) is 15.0 Å². The maximum atomic E-state index is 12.2. The minimum atomic E-state index is -2.89. The van der Waals surface area contributed by atoms with Crippen molar-refractivity contribution in [2.45, 2.75) is 26.4 Å². The summed E-state index contributed by atoms with van der Waals surface area (Å²) in [5, 5.41) is 5.42. The number of nitrogens with zero attached hydrogens (tertiary/aromatic N) is 1. The molecular weight excluding hydrogens is 370 g/mol. The van der Waals surface area contributed by atoms with Crippen LogP contribution in [0, 0.1) is 0 Å². The van der Waals surface area contributed by atoms with E-state index >= 15 is 0 Å². The van der Waals surface area contributed by atoms with Crippen molar-refractivity contribution in [2.75, 3.05) is 43.0 Å². The predicted molar refractivity (Wildman–Crippen MR) is 104 cm³/mol. The average molecular weight is 397 g/mol. The number of carbonyl (C=O) groups is 2. The SMILES string of the molecule is CC(C)(C)OC(=O)Nc1ccc(C(=O)NCCN2CCS(=O)(=O)CC2)cc1. The van der Waals surface area contributed by atoms with Gasteiger partial charge in [0.2, 0.25) is 0 Å². The summed E-state index contributed by atoms with van der Waals surface area (Å²) in [6.07, 6.45) is -0.553. The zero-order chi connectivity index (χ0) is 20.1. The number of hydrogen-bond donors (Lipinski definition) is 2. The summed E-state index contributed by atoms with van der Waals surface area (Å²) < 4.78 is 28.0. The zero-order valence-electron chi connectivity index (χ0n) is 15.9. The van der Waals surface area contributed by atoms with Gasteiger partial charge in [-0.15, -0.1) is 0 Å². The summed E-state index contributed by atoms with van der Waals surface area (Å²) in [5.41, 5.74) is 0.434.